The highest BCUT2D eigenvalue weighted by Gasteiger charge is 2.19. The third-order valence-corrected chi connectivity index (χ3v) is 3.16. The van der Waals surface area contributed by atoms with Gasteiger partial charge in [0.05, 0.1) is 0 Å². The van der Waals surface area contributed by atoms with Crippen molar-refractivity contribution in [3.8, 4) is 0 Å². The molecule has 0 unspecified atom stereocenters. The summed E-state index contributed by atoms with van der Waals surface area (Å²) < 4.78 is 0. The van der Waals surface area contributed by atoms with E-state index in [4.69, 9.17) is 0 Å². The summed E-state index contributed by atoms with van der Waals surface area (Å²) in [4.78, 5) is 11.1. The Morgan fingerprint density at radius 2 is 1.89 bits per heavy atom. The van der Waals surface area contributed by atoms with E-state index in [2.05, 4.69) is 48.7 Å². The first-order valence-electron chi connectivity index (χ1n) is 6.53. The molecule has 1 amide bonds. The van der Waals surface area contributed by atoms with Crippen molar-refractivity contribution >= 4 is 5.91 Å². The van der Waals surface area contributed by atoms with Gasteiger partial charge in [-0.1, -0.05) is 44.2 Å². The standard InChI is InChI=1S/C15H24N2O/c1-15(2,13-8-5-4-6-9-13)12-17-11-7-10-14(18)16-3/h4-6,8-9,17H,7,10-12H2,1-3H3,(H,16,18). The number of rotatable bonds is 7. The van der Waals surface area contributed by atoms with Crippen molar-refractivity contribution in [3.63, 3.8) is 0 Å². The third-order valence-electron chi connectivity index (χ3n) is 3.16. The Morgan fingerprint density at radius 3 is 2.50 bits per heavy atom. The maximum absolute atomic E-state index is 11.1. The van der Waals surface area contributed by atoms with Crippen molar-refractivity contribution < 1.29 is 4.79 Å². The number of carbonyl (C=O) groups excluding carboxylic acids is 1. The van der Waals surface area contributed by atoms with Crippen LogP contribution in [0.4, 0.5) is 0 Å². The summed E-state index contributed by atoms with van der Waals surface area (Å²) in [6.07, 6.45) is 1.47. The molecule has 18 heavy (non-hydrogen) atoms. The van der Waals surface area contributed by atoms with E-state index in [-0.39, 0.29) is 11.3 Å². The van der Waals surface area contributed by atoms with Crippen LogP contribution in [0.3, 0.4) is 0 Å². The molecule has 0 aliphatic rings. The van der Waals surface area contributed by atoms with Crippen molar-refractivity contribution in [1.29, 1.82) is 0 Å². The van der Waals surface area contributed by atoms with E-state index < -0.39 is 0 Å². The SMILES string of the molecule is CNC(=O)CCCNCC(C)(C)c1ccccc1. The van der Waals surface area contributed by atoms with Crippen molar-refractivity contribution in [3.05, 3.63) is 35.9 Å². The normalized spacial score (nSPS) is 11.3. The molecule has 0 fully saturated rings. The van der Waals surface area contributed by atoms with Crippen LogP contribution in [0.15, 0.2) is 30.3 Å². The minimum Gasteiger partial charge on any atom is -0.359 e. The lowest BCUT2D eigenvalue weighted by atomic mass is 9.84. The molecule has 0 heterocycles. The first-order chi connectivity index (χ1) is 8.56. The summed E-state index contributed by atoms with van der Waals surface area (Å²) in [6.45, 7) is 6.26. The zero-order chi connectivity index (χ0) is 13.4. The van der Waals surface area contributed by atoms with Crippen LogP contribution in [0.1, 0.15) is 32.3 Å². The van der Waals surface area contributed by atoms with Crippen LogP contribution in [0.2, 0.25) is 0 Å². The van der Waals surface area contributed by atoms with Crippen LogP contribution >= 0.6 is 0 Å². The van der Waals surface area contributed by atoms with Gasteiger partial charge >= 0.3 is 0 Å². The molecule has 0 aliphatic carbocycles. The minimum absolute atomic E-state index is 0.110. The maximum Gasteiger partial charge on any atom is 0.219 e. The van der Waals surface area contributed by atoms with Gasteiger partial charge in [-0.3, -0.25) is 4.79 Å². The van der Waals surface area contributed by atoms with Crippen molar-refractivity contribution in [2.24, 2.45) is 0 Å². The van der Waals surface area contributed by atoms with Crippen molar-refractivity contribution in [1.82, 2.24) is 10.6 Å². The van der Waals surface area contributed by atoms with E-state index >= 15 is 0 Å². The molecule has 0 saturated heterocycles. The predicted molar refractivity (Wildman–Crippen MR) is 75.6 cm³/mol. The summed E-state index contributed by atoms with van der Waals surface area (Å²) >= 11 is 0. The smallest absolute Gasteiger partial charge is 0.219 e. The lowest BCUT2D eigenvalue weighted by Gasteiger charge is -2.25. The molecule has 0 aromatic heterocycles. The van der Waals surface area contributed by atoms with E-state index in [0.29, 0.717) is 6.42 Å². The zero-order valence-electron chi connectivity index (χ0n) is 11.6. The van der Waals surface area contributed by atoms with Crippen LogP contribution in [-0.4, -0.2) is 26.0 Å². The minimum atomic E-state index is 0.110. The van der Waals surface area contributed by atoms with Crippen LogP contribution in [0.25, 0.3) is 0 Å². The maximum atomic E-state index is 11.1. The van der Waals surface area contributed by atoms with Gasteiger partial charge in [0.15, 0.2) is 0 Å². The molecule has 0 saturated carbocycles. The molecular weight excluding hydrogens is 224 g/mol. The highest BCUT2D eigenvalue weighted by Crippen LogP contribution is 2.21. The Bertz CT molecular complexity index is 360. The van der Waals surface area contributed by atoms with Crippen LogP contribution in [0, 0.1) is 0 Å². The Labute approximate surface area is 110 Å². The molecule has 2 N–H and O–H groups in total. The molecule has 1 rings (SSSR count). The fraction of sp³-hybridized carbons (Fsp3) is 0.533. The number of hydrogen-bond donors (Lipinski definition) is 2. The highest BCUT2D eigenvalue weighted by molar-refractivity contribution is 5.75. The van der Waals surface area contributed by atoms with Gasteiger partial charge in [0.2, 0.25) is 5.91 Å². The van der Waals surface area contributed by atoms with Crippen LogP contribution in [-0.2, 0) is 10.2 Å². The Kier molecular flexibility index (Phi) is 5.86. The molecule has 3 heteroatoms. The molecular formula is C15H24N2O. The van der Waals surface area contributed by atoms with Gasteiger partial charge in [-0.2, -0.15) is 0 Å². The zero-order valence-corrected chi connectivity index (χ0v) is 11.6. The lowest BCUT2D eigenvalue weighted by molar-refractivity contribution is -0.120. The highest BCUT2D eigenvalue weighted by atomic mass is 16.1. The van der Waals surface area contributed by atoms with Crippen LogP contribution in [0.5, 0.6) is 0 Å². The number of nitrogens with one attached hydrogen (secondary N) is 2. The van der Waals surface area contributed by atoms with Gasteiger partial charge in [0, 0.05) is 25.4 Å². The Balaban J connectivity index is 2.28. The lowest BCUT2D eigenvalue weighted by Crippen LogP contribution is -2.33. The number of carbonyl (C=O) groups is 1. The second-order valence-electron chi connectivity index (χ2n) is 5.20. The summed E-state index contributed by atoms with van der Waals surface area (Å²) in [5.41, 5.74) is 1.46. The molecule has 0 atom stereocenters. The summed E-state index contributed by atoms with van der Waals surface area (Å²) in [6, 6.07) is 10.5. The van der Waals surface area contributed by atoms with E-state index in [1.54, 1.807) is 7.05 Å². The van der Waals surface area contributed by atoms with E-state index in [0.717, 1.165) is 19.5 Å². The quantitative estimate of drug-likeness (QED) is 0.725. The van der Waals surface area contributed by atoms with Gasteiger partial charge in [-0.25, -0.2) is 0 Å². The predicted octanol–water partition coefficient (Wildman–Crippen LogP) is 2.08. The van der Waals surface area contributed by atoms with Gasteiger partial charge in [-0.05, 0) is 18.5 Å². The first-order valence-corrected chi connectivity index (χ1v) is 6.53. The third kappa shape index (κ3) is 4.88. The van der Waals surface area contributed by atoms with E-state index in [1.807, 2.05) is 6.07 Å². The topological polar surface area (TPSA) is 41.1 Å². The second kappa shape index (κ2) is 7.17. The monoisotopic (exact) mass is 248 g/mol. The largest absolute Gasteiger partial charge is 0.359 e. The summed E-state index contributed by atoms with van der Waals surface area (Å²) in [5.74, 6) is 0.110. The van der Waals surface area contributed by atoms with Crippen molar-refractivity contribution in [2.75, 3.05) is 20.1 Å². The average Bonchev–Trinajstić information content (AvgIpc) is 2.39. The summed E-state index contributed by atoms with van der Waals surface area (Å²) in [7, 11) is 1.67. The molecule has 0 spiro atoms. The molecule has 1 aromatic rings. The van der Waals surface area contributed by atoms with Gasteiger partial charge in [0.25, 0.3) is 0 Å². The second-order valence-corrected chi connectivity index (χ2v) is 5.20. The number of hydrogen-bond acceptors (Lipinski definition) is 2. The first kappa shape index (κ1) is 14.7. The molecule has 3 nitrogen and oxygen atoms in total. The van der Waals surface area contributed by atoms with E-state index in [9.17, 15) is 4.79 Å². The summed E-state index contributed by atoms with van der Waals surface area (Å²) in [5, 5.41) is 6.05. The fourth-order valence-electron chi connectivity index (χ4n) is 1.89. The fourth-order valence-corrected chi connectivity index (χ4v) is 1.89. The van der Waals surface area contributed by atoms with Crippen molar-refractivity contribution in [2.45, 2.75) is 32.1 Å². The molecule has 0 radical (unpaired) electrons. The number of benzene rings is 1. The van der Waals surface area contributed by atoms with E-state index in [1.165, 1.54) is 5.56 Å². The number of amides is 1. The van der Waals surface area contributed by atoms with Crippen LogP contribution < -0.4 is 10.6 Å². The molecule has 1 aromatic carbocycles. The van der Waals surface area contributed by atoms with Gasteiger partial charge in [-0.15, -0.1) is 0 Å². The Hall–Kier alpha value is -1.35. The molecule has 0 aliphatic heterocycles. The molecule has 100 valence electrons. The molecule has 0 bridgehead atoms. The average molecular weight is 248 g/mol. The van der Waals surface area contributed by atoms with Gasteiger partial charge < -0.3 is 10.6 Å². The Morgan fingerprint density at radius 1 is 1.22 bits per heavy atom. The van der Waals surface area contributed by atoms with Gasteiger partial charge in [0.1, 0.15) is 0 Å².